The van der Waals surface area contributed by atoms with Crippen LogP contribution in [0, 0.1) is 0 Å². The number of hydrogen-bond donors (Lipinski definition) is 3. The van der Waals surface area contributed by atoms with Crippen LogP contribution in [0.5, 0.6) is 0 Å². The van der Waals surface area contributed by atoms with E-state index in [-0.39, 0.29) is 0 Å². The van der Waals surface area contributed by atoms with Gasteiger partial charge in [0, 0.05) is 49.2 Å². The molecular formula is C21H29N7. The Morgan fingerprint density at radius 1 is 1.29 bits per heavy atom. The van der Waals surface area contributed by atoms with E-state index in [0.717, 1.165) is 63.6 Å². The topological polar surface area (TPSA) is 85.0 Å². The molecule has 0 radical (unpaired) electrons. The summed E-state index contributed by atoms with van der Waals surface area (Å²) < 4.78 is 0. The molecule has 3 N–H and O–H groups in total. The van der Waals surface area contributed by atoms with Crippen molar-refractivity contribution in [1.82, 2.24) is 30.4 Å². The first-order valence-electron chi connectivity index (χ1n) is 10.3. The summed E-state index contributed by atoms with van der Waals surface area (Å²) in [6.07, 6.45) is 7.98. The Morgan fingerprint density at radius 3 is 2.93 bits per heavy atom. The number of benzene rings is 1. The van der Waals surface area contributed by atoms with Crippen molar-refractivity contribution in [2.45, 2.75) is 38.5 Å². The lowest BCUT2D eigenvalue weighted by Crippen LogP contribution is -2.45. The van der Waals surface area contributed by atoms with Gasteiger partial charge in [0.15, 0.2) is 5.96 Å². The van der Waals surface area contributed by atoms with Gasteiger partial charge >= 0.3 is 0 Å². The fourth-order valence-corrected chi connectivity index (χ4v) is 4.00. The van der Waals surface area contributed by atoms with Gasteiger partial charge in [-0.25, -0.2) is 4.98 Å². The number of aryl methyl sites for hydroxylation is 1. The minimum absolute atomic E-state index is 0.475. The fraction of sp³-hybridized carbons (Fsp3) is 0.476. The number of nitrogens with one attached hydrogen (secondary N) is 3. The highest BCUT2D eigenvalue weighted by Gasteiger charge is 2.24. The van der Waals surface area contributed by atoms with E-state index < -0.39 is 0 Å². The second kappa shape index (κ2) is 8.91. The smallest absolute Gasteiger partial charge is 0.193 e. The highest BCUT2D eigenvalue weighted by molar-refractivity contribution is 5.83. The van der Waals surface area contributed by atoms with E-state index >= 15 is 0 Å². The van der Waals surface area contributed by atoms with Gasteiger partial charge in [0.25, 0.3) is 0 Å². The first-order valence-corrected chi connectivity index (χ1v) is 10.3. The van der Waals surface area contributed by atoms with Crippen LogP contribution < -0.4 is 5.32 Å². The first kappa shape index (κ1) is 18.5. The van der Waals surface area contributed by atoms with E-state index in [9.17, 15) is 0 Å². The maximum absolute atomic E-state index is 4.89. The minimum Gasteiger partial charge on any atom is -0.361 e. The Labute approximate surface area is 165 Å². The highest BCUT2D eigenvalue weighted by Crippen LogP contribution is 2.25. The monoisotopic (exact) mass is 379 g/mol. The summed E-state index contributed by atoms with van der Waals surface area (Å²) >= 11 is 0. The number of piperidine rings is 1. The number of aliphatic imine (C=N–C) groups is 1. The van der Waals surface area contributed by atoms with Crippen LogP contribution in [0.2, 0.25) is 0 Å². The summed E-state index contributed by atoms with van der Waals surface area (Å²) in [6, 6.07) is 8.49. The largest absolute Gasteiger partial charge is 0.361 e. The summed E-state index contributed by atoms with van der Waals surface area (Å²) in [7, 11) is 0. The zero-order chi connectivity index (χ0) is 19.2. The van der Waals surface area contributed by atoms with Crippen molar-refractivity contribution in [3.63, 3.8) is 0 Å². The Bertz CT molecular complexity index is 889. The standard InChI is InChI=1S/C21H29N7/c1-2-22-21(28-12-9-16(10-13-28)20-25-15-26-27-20)23-11-5-6-17-14-24-19-8-4-3-7-18(17)19/h3-4,7-8,14-16,24H,2,5-6,9-13H2,1H3,(H,22,23)(H,25,26,27). The summed E-state index contributed by atoms with van der Waals surface area (Å²) in [5, 5.41) is 11.8. The van der Waals surface area contributed by atoms with Crippen molar-refractivity contribution in [3.8, 4) is 0 Å². The second-order valence-corrected chi connectivity index (χ2v) is 7.33. The molecule has 3 heterocycles. The number of H-pyrrole nitrogens is 2. The first-order chi connectivity index (χ1) is 13.8. The van der Waals surface area contributed by atoms with Crippen LogP contribution in [0.3, 0.4) is 0 Å². The van der Waals surface area contributed by atoms with E-state index in [2.05, 4.69) is 67.8 Å². The third kappa shape index (κ3) is 4.18. The van der Waals surface area contributed by atoms with Crippen LogP contribution >= 0.6 is 0 Å². The molecule has 1 fully saturated rings. The molecule has 2 aromatic heterocycles. The number of nitrogens with zero attached hydrogens (tertiary/aromatic N) is 4. The third-order valence-electron chi connectivity index (χ3n) is 5.49. The number of rotatable bonds is 6. The predicted octanol–water partition coefficient (Wildman–Crippen LogP) is 3.06. The Morgan fingerprint density at radius 2 is 2.14 bits per heavy atom. The van der Waals surface area contributed by atoms with Crippen LogP contribution in [-0.2, 0) is 6.42 Å². The molecule has 148 valence electrons. The number of hydrogen-bond acceptors (Lipinski definition) is 3. The molecule has 1 aromatic carbocycles. The predicted molar refractivity (Wildman–Crippen MR) is 113 cm³/mol. The number of para-hydroxylation sites is 1. The molecule has 1 saturated heterocycles. The van der Waals surface area contributed by atoms with Gasteiger partial charge in [-0.2, -0.15) is 5.10 Å². The van der Waals surface area contributed by atoms with Crippen LogP contribution in [-0.4, -0.2) is 57.2 Å². The average molecular weight is 380 g/mol. The quantitative estimate of drug-likeness (QED) is 0.349. The third-order valence-corrected chi connectivity index (χ3v) is 5.49. The lowest BCUT2D eigenvalue weighted by molar-refractivity contribution is 0.299. The number of likely N-dealkylation sites (tertiary alicyclic amines) is 1. The van der Waals surface area contributed by atoms with Crippen LogP contribution in [0.1, 0.15) is 43.5 Å². The zero-order valence-electron chi connectivity index (χ0n) is 16.5. The summed E-state index contributed by atoms with van der Waals surface area (Å²) in [5.74, 6) is 2.53. The zero-order valence-corrected chi connectivity index (χ0v) is 16.5. The normalized spacial score (nSPS) is 16.0. The second-order valence-electron chi connectivity index (χ2n) is 7.33. The molecule has 0 spiro atoms. The van der Waals surface area contributed by atoms with Crippen LogP contribution in [0.4, 0.5) is 0 Å². The van der Waals surface area contributed by atoms with Crippen molar-refractivity contribution >= 4 is 16.9 Å². The Balaban J connectivity index is 1.31. The Hall–Kier alpha value is -2.83. The molecule has 0 atom stereocenters. The van der Waals surface area contributed by atoms with Crippen LogP contribution in [0.15, 0.2) is 41.8 Å². The molecule has 3 aromatic rings. The number of aromatic amines is 2. The molecule has 1 aliphatic rings. The highest BCUT2D eigenvalue weighted by atomic mass is 15.3. The minimum atomic E-state index is 0.475. The molecule has 0 unspecified atom stereocenters. The number of aromatic nitrogens is 4. The average Bonchev–Trinajstić information content (AvgIpc) is 3.41. The fourth-order valence-electron chi connectivity index (χ4n) is 4.00. The van der Waals surface area contributed by atoms with Gasteiger partial charge in [0.05, 0.1) is 0 Å². The van der Waals surface area contributed by atoms with E-state index in [1.807, 2.05) is 0 Å². The Kier molecular flexibility index (Phi) is 5.89. The molecule has 7 heteroatoms. The molecule has 0 aliphatic carbocycles. The van der Waals surface area contributed by atoms with Gasteiger partial charge in [-0.15, -0.1) is 0 Å². The lowest BCUT2D eigenvalue weighted by Gasteiger charge is -2.33. The summed E-state index contributed by atoms with van der Waals surface area (Å²) in [4.78, 5) is 14.9. The molecule has 0 bridgehead atoms. The van der Waals surface area contributed by atoms with E-state index in [0.29, 0.717) is 5.92 Å². The SMILES string of the molecule is CCNC(=NCCCc1c[nH]c2ccccc12)N1CCC(c2ncn[nH]2)CC1. The molecule has 0 saturated carbocycles. The van der Waals surface area contributed by atoms with Crippen molar-refractivity contribution < 1.29 is 0 Å². The molecular weight excluding hydrogens is 350 g/mol. The number of fused-ring (bicyclic) bond motifs is 1. The maximum atomic E-state index is 4.89. The molecule has 0 amide bonds. The van der Waals surface area contributed by atoms with E-state index in [1.54, 1.807) is 6.33 Å². The summed E-state index contributed by atoms with van der Waals surface area (Å²) in [5.41, 5.74) is 2.59. The van der Waals surface area contributed by atoms with Crippen molar-refractivity contribution in [2.24, 2.45) is 4.99 Å². The molecule has 7 nitrogen and oxygen atoms in total. The van der Waals surface area contributed by atoms with Gasteiger partial charge in [0.2, 0.25) is 0 Å². The van der Waals surface area contributed by atoms with Crippen molar-refractivity contribution in [3.05, 3.63) is 48.2 Å². The van der Waals surface area contributed by atoms with Gasteiger partial charge in [-0.1, -0.05) is 18.2 Å². The molecule has 1 aliphatic heterocycles. The molecule has 28 heavy (non-hydrogen) atoms. The number of guanidine groups is 1. The van der Waals surface area contributed by atoms with Gasteiger partial charge < -0.3 is 15.2 Å². The van der Waals surface area contributed by atoms with E-state index in [4.69, 9.17) is 4.99 Å². The van der Waals surface area contributed by atoms with Crippen LogP contribution in [0.25, 0.3) is 10.9 Å². The summed E-state index contributed by atoms with van der Waals surface area (Å²) in [6.45, 7) is 5.86. The van der Waals surface area contributed by atoms with Crippen molar-refractivity contribution in [1.29, 1.82) is 0 Å². The van der Waals surface area contributed by atoms with Crippen molar-refractivity contribution in [2.75, 3.05) is 26.2 Å². The molecule has 4 rings (SSSR count). The van der Waals surface area contributed by atoms with E-state index in [1.165, 1.54) is 16.5 Å². The van der Waals surface area contributed by atoms with Gasteiger partial charge in [-0.3, -0.25) is 10.1 Å². The van der Waals surface area contributed by atoms with Gasteiger partial charge in [-0.05, 0) is 44.2 Å². The lowest BCUT2D eigenvalue weighted by atomic mass is 9.96. The van der Waals surface area contributed by atoms with Gasteiger partial charge in [0.1, 0.15) is 12.2 Å². The maximum Gasteiger partial charge on any atom is 0.193 e.